The number of nitrogens with zero attached hydrogens (tertiary/aromatic N) is 3. The van der Waals surface area contributed by atoms with Crippen LogP contribution in [0, 0.1) is 5.41 Å². The Morgan fingerprint density at radius 3 is 2.78 bits per heavy atom. The van der Waals surface area contributed by atoms with E-state index in [2.05, 4.69) is 41.8 Å². The van der Waals surface area contributed by atoms with Gasteiger partial charge in [0.05, 0.1) is 20.8 Å². The monoisotopic (exact) mass is 379 g/mol. The van der Waals surface area contributed by atoms with Crippen molar-refractivity contribution < 1.29 is 0 Å². The molecule has 3 aliphatic heterocycles. The number of hydrogen-bond donors (Lipinski definition) is 0. The maximum Gasteiger partial charge on any atom is 0.180 e. The summed E-state index contributed by atoms with van der Waals surface area (Å²) >= 11 is 1.67. The normalized spacial score (nSPS) is 19.9. The minimum absolute atomic E-state index is 0.0497. The molecule has 4 nitrogen and oxygen atoms in total. The molecule has 0 unspecified atom stereocenters. The van der Waals surface area contributed by atoms with Gasteiger partial charge in [0.15, 0.2) is 5.43 Å². The highest BCUT2D eigenvalue weighted by atomic mass is 32.1. The number of likely N-dealkylation sites (tertiary alicyclic amines) is 1. The molecule has 0 amide bonds. The summed E-state index contributed by atoms with van der Waals surface area (Å²) < 4.78 is 1.16. The van der Waals surface area contributed by atoms with Crippen LogP contribution in [0.4, 0.5) is 5.69 Å². The third kappa shape index (κ3) is 3.03. The van der Waals surface area contributed by atoms with Gasteiger partial charge < -0.3 is 4.90 Å². The van der Waals surface area contributed by atoms with E-state index in [9.17, 15) is 4.79 Å². The molecule has 0 N–H and O–H groups in total. The fourth-order valence-corrected chi connectivity index (χ4v) is 5.69. The first-order valence-electron chi connectivity index (χ1n) is 9.85. The summed E-state index contributed by atoms with van der Waals surface area (Å²) in [6.07, 6.45) is 2.62. The van der Waals surface area contributed by atoms with Crippen molar-refractivity contribution >= 4 is 27.2 Å². The molecule has 0 bridgehead atoms. The zero-order valence-electron chi connectivity index (χ0n) is 15.9. The fraction of sp³-hybridized carbons (Fsp3) is 0.455. The molecule has 5 heteroatoms. The van der Waals surface area contributed by atoms with Crippen molar-refractivity contribution in [2.75, 3.05) is 31.1 Å². The summed E-state index contributed by atoms with van der Waals surface area (Å²) in [5, 5.41) is 0. The number of rotatable bonds is 2. The topological polar surface area (TPSA) is 36.4 Å². The summed E-state index contributed by atoms with van der Waals surface area (Å²) in [4.78, 5) is 22.5. The minimum Gasteiger partial charge on any atom is -0.371 e. The largest absolute Gasteiger partial charge is 0.371 e. The van der Waals surface area contributed by atoms with Crippen LogP contribution in [0.3, 0.4) is 0 Å². The standard InChI is InChI=1S/C22H25N3OS/c1-15(2)25-13-22(14-25)8-3-9-24(12-22)16-4-6-18-20(10-16)27-21-11-17(26)5-7-19(21)23-18/h4-7,10-11,15H,3,8-9,12-14H2,1-2H3. The lowest BCUT2D eigenvalue weighted by Crippen LogP contribution is -2.64. The number of benzene rings is 2. The van der Waals surface area contributed by atoms with Crippen LogP contribution < -0.4 is 10.3 Å². The van der Waals surface area contributed by atoms with Gasteiger partial charge in [-0.2, -0.15) is 0 Å². The van der Waals surface area contributed by atoms with Gasteiger partial charge in [-0.3, -0.25) is 9.69 Å². The van der Waals surface area contributed by atoms with E-state index in [0.717, 1.165) is 33.9 Å². The molecule has 140 valence electrons. The third-order valence-corrected chi connectivity index (χ3v) is 7.26. The smallest absolute Gasteiger partial charge is 0.180 e. The molecule has 4 aliphatic rings. The minimum atomic E-state index is 0.0497. The molecule has 2 fully saturated rings. The molecule has 5 rings (SSSR count). The lowest BCUT2D eigenvalue weighted by molar-refractivity contribution is -0.0304. The third-order valence-electron chi connectivity index (χ3n) is 6.17. The van der Waals surface area contributed by atoms with Gasteiger partial charge in [0.2, 0.25) is 0 Å². The number of fused-ring (bicyclic) bond motifs is 2. The maximum absolute atomic E-state index is 11.7. The second kappa shape index (κ2) is 6.28. The summed E-state index contributed by atoms with van der Waals surface area (Å²) in [7, 11) is 0. The van der Waals surface area contributed by atoms with E-state index in [1.165, 1.54) is 31.6 Å². The summed E-state index contributed by atoms with van der Waals surface area (Å²) in [5.41, 5.74) is 3.73. The van der Waals surface area contributed by atoms with Crippen molar-refractivity contribution in [2.45, 2.75) is 32.7 Å². The van der Waals surface area contributed by atoms with E-state index in [1.807, 2.05) is 6.07 Å². The predicted molar refractivity (Wildman–Crippen MR) is 113 cm³/mol. The molecule has 1 aliphatic carbocycles. The molecular formula is C22H25N3OS. The molecule has 1 aromatic rings. The predicted octanol–water partition coefficient (Wildman–Crippen LogP) is 4.07. The van der Waals surface area contributed by atoms with Gasteiger partial charge in [0.1, 0.15) is 0 Å². The van der Waals surface area contributed by atoms with Crippen LogP contribution in [0.1, 0.15) is 26.7 Å². The average molecular weight is 380 g/mol. The van der Waals surface area contributed by atoms with Gasteiger partial charge >= 0.3 is 0 Å². The highest BCUT2D eigenvalue weighted by Gasteiger charge is 2.46. The van der Waals surface area contributed by atoms with E-state index in [1.54, 1.807) is 23.5 Å². The molecule has 0 radical (unpaired) electrons. The van der Waals surface area contributed by atoms with Crippen LogP contribution in [-0.4, -0.2) is 42.1 Å². The van der Waals surface area contributed by atoms with Crippen molar-refractivity contribution in [1.82, 2.24) is 9.88 Å². The van der Waals surface area contributed by atoms with Crippen molar-refractivity contribution in [1.29, 1.82) is 0 Å². The number of hydrogen-bond acceptors (Lipinski definition) is 5. The van der Waals surface area contributed by atoms with Crippen LogP contribution in [0.5, 0.6) is 0 Å². The van der Waals surface area contributed by atoms with E-state index in [-0.39, 0.29) is 5.43 Å². The zero-order chi connectivity index (χ0) is 18.6. The van der Waals surface area contributed by atoms with Crippen molar-refractivity contribution in [3.05, 3.63) is 46.6 Å². The van der Waals surface area contributed by atoms with Crippen molar-refractivity contribution in [2.24, 2.45) is 5.41 Å². The number of aromatic nitrogens is 1. The number of anilines is 1. The lowest BCUT2D eigenvalue weighted by atomic mass is 9.72. The van der Waals surface area contributed by atoms with Gasteiger partial charge in [0.25, 0.3) is 0 Å². The second-order valence-corrected chi connectivity index (χ2v) is 9.60. The van der Waals surface area contributed by atoms with Crippen LogP contribution in [0.15, 0.2) is 41.2 Å². The first-order chi connectivity index (χ1) is 13.0. The molecule has 1 aromatic carbocycles. The van der Waals surface area contributed by atoms with Gasteiger partial charge in [-0.25, -0.2) is 4.98 Å². The highest BCUT2D eigenvalue weighted by Crippen LogP contribution is 2.42. The van der Waals surface area contributed by atoms with E-state index >= 15 is 0 Å². The molecule has 3 heterocycles. The Balaban J connectivity index is 1.45. The first-order valence-corrected chi connectivity index (χ1v) is 10.7. The highest BCUT2D eigenvalue weighted by molar-refractivity contribution is 7.21. The van der Waals surface area contributed by atoms with Crippen LogP contribution >= 0.6 is 11.3 Å². The van der Waals surface area contributed by atoms with E-state index in [0.29, 0.717) is 11.5 Å². The van der Waals surface area contributed by atoms with Crippen LogP contribution in [-0.2, 0) is 0 Å². The van der Waals surface area contributed by atoms with Crippen molar-refractivity contribution in [3.63, 3.8) is 0 Å². The Morgan fingerprint density at radius 2 is 1.96 bits per heavy atom. The SMILES string of the molecule is CC(C)N1CC2(CCCN(c3ccc4nc5ccc(=O)cc-5sc4c3)C2)C1. The Labute approximate surface area is 163 Å². The lowest BCUT2D eigenvalue weighted by Gasteiger charge is -2.56. The Kier molecular flexibility index (Phi) is 3.99. The molecule has 0 atom stereocenters. The average Bonchev–Trinajstić information content (AvgIpc) is 2.64. The van der Waals surface area contributed by atoms with Gasteiger partial charge in [-0.1, -0.05) is 0 Å². The van der Waals surface area contributed by atoms with E-state index < -0.39 is 0 Å². The Hall–Kier alpha value is -1.98. The summed E-state index contributed by atoms with van der Waals surface area (Å²) in [6, 6.07) is 12.4. The van der Waals surface area contributed by atoms with Gasteiger partial charge in [-0.15, -0.1) is 11.3 Å². The quantitative estimate of drug-likeness (QED) is 0.629. The van der Waals surface area contributed by atoms with Gasteiger partial charge in [0, 0.05) is 49.4 Å². The molecule has 0 aromatic heterocycles. The zero-order valence-corrected chi connectivity index (χ0v) is 16.8. The van der Waals surface area contributed by atoms with Crippen LogP contribution in [0.2, 0.25) is 0 Å². The maximum atomic E-state index is 11.7. The Bertz CT molecular complexity index is 1020. The summed E-state index contributed by atoms with van der Waals surface area (Å²) in [5.74, 6) is 0. The van der Waals surface area contributed by atoms with Crippen LogP contribution in [0.25, 0.3) is 20.8 Å². The second-order valence-electron chi connectivity index (χ2n) is 8.52. The van der Waals surface area contributed by atoms with Gasteiger partial charge in [-0.05, 0) is 57.0 Å². The molecule has 27 heavy (non-hydrogen) atoms. The summed E-state index contributed by atoms with van der Waals surface area (Å²) in [6.45, 7) is 9.33. The fourth-order valence-electron chi connectivity index (χ4n) is 4.66. The molecule has 2 saturated heterocycles. The Morgan fingerprint density at radius 1 is 1.11 bits per heavy atom. The molecule has 1 spiro atoms. The molecule has 0 saturated carbocycles. The van der Waals surface area contributed by atoms with E-state index in [4.69, 9.17) is 4.98 Å². The molecular weight excluding hydrogens is 354 g/mol. The number of piperidine rings is 1. The van der Waals surface area contributed by atoms with Crippen molar-refractivity contribution in [3.8, 4) is 10.6 Å². The first kappa shape index (κ1) is 17.1.